The molecule has 0 aliphatic carbocycles. The van der Waals surface area contributed by atoms with Crippen molar-refractivity contribution in [3.8, 4) is 0 Å². The fraction of sp³-hybridized carbons (Fsp3) is 1.00. The molecular weight excluding hydrogens is 277 g/mol. The maximum atomic E-state index is 5.69. The van der Waals surface area contributed by atoms with Crippen LogP contribution in [0.25, 0.3) is 0 Å². The molecule has 4 heteroatoms. The van der Waals surface area contributed by atoms with Crippen molar-refractivity contribution in [2.45, 2.75) is 42.7 Å². The summed E-state index contributed by atoms with van der Waals surface area (Å²) in [5, 5.41) is 0. The first-order valence-electron chi connectivity index (χ1n) is 4.96. The Morgan fingerprint density at radius 3 is 2.31 bits per heavy atom. The van der Waals surface area contributed by atoms with Gasteiger partial charge in [0.1, 0.15) is 3.67 Å². The summed E-state index contributed by atoms with van der Waals surface area (Å²) in [6.45, 7) is 2.95. The lowest BCUT2D eigenvalue weighted by Gasteiger charge is -2.20. The summed E-state index contributed by atoms with van der Waals surface area (Å²) in [6.07, 6.45) is 5.59. The molecule has 0 rings (SSSR count). The summed E-state index contributed by atoms with van der Waals surface area (Å²) in [4.78, 5) is 0. The average Bonchev–Trinajstić information content (AvgIpc) is 2.03. The second kappa shape index (κ2) is 6.98. The SMILES string of the molecule is CCCCC(CN)CCC(N)(N)I. The van der Waals surface area contributed by atoms with Crippen LogP contribution in [0, 0.1) is 5.92 Å². The van der Waals surface area contributed by atoms with Gasteiger partial charge in [-0.3, -0.25) is 0 Å². The molecule has 0 radical (unpaired) electrons. The molecule has 0 amide bonds. The summed E-state index contributed by atoms with van der Waals surface area (Å²) >= 11 is 2.08. The molecule has 0 aromatic carbocycles. The van der Waals surface area contributed by atoms with Crippen LogP contribution >= 0.6 is 22.6 Å². The third kappa shape index (κ3) is 8.93. The van der Waals surface area contributed by atoms with Crippen molar-refractivity contribution in [2.75, 3.05) is 6.54 Å². The van der Waals surface area contributed by atoms with E-state index in [1.165, 1.54) is 19.3 Å². The monoisotopic (exact) mass is 299 g/mol. The van der Waals surface area contributed by atoms with Gasteiger partial charge in [0.05, 0.1) is 0 Å². The molecule has 0 heterocycles. The normalized spacial score (nSPS) is 14.5. The lowest BCUT2D eigenvalue weighted by molar-refractivity contribution is 0.406. The van der Waals surface area contributed by atoms with Gasteiger partial charge < -0.3 is 17.2 Å². The highest BCUT2D eigenvalue weighted by Crippen LogP contribution is 2.19. The van der Waals surface area contributed by atoms with Crippen LogP contribution < -0.4 is 17.2 Å². The Labute approximate surface area is 94.9 Å². The van der Waals surface area contributed by atoms with E-state index >= 15 is 0 Å². The average molecular weight is 299 g/mol. The molecule has 0 bridgehead atoms. The van der Waals surface area contributed by atoms with Gasteiger partial charge in [0.15, 0.2) is 0 Å². The summed E-state index contributed by atoms with van der Waals surface area (Å²) < 4.78 is -0.558. The Bertz CT molecular complexity index is 123. The minimum atomic E-state index is -0.558. The molecule has 13 heavy (non-hydrogen) atoms. The fourth-order valence-corrected chi connectivity index (χ4v) is 1.61. The summed E-state index contributed by atoms with van der Waals surface area (Å²) in [6, 6.07) is 0. The summed E-state index contributed by atoms with van der Waals surface area (Å²) in [5.41, 5.74) is 17.0. The van der Waals surface area contributed by atoms with Crippen LogP contribution in [0.15, 0.2) is 0 Å². The van der Waals surface area contributed by atoms with Crippen LogP contribution in [0.1, 0.15) is 39.0 Å². The molecule has 0 saturated carbocycles. The molecule has 80 valence electrons. The molecule has 6 N–H and O–H groups in total. The fourth-order valence-electron chi connectivity index (χ4n) is 1.30. The molecule has 0 aromatic heterocycles. The Kier molecular flexibility index (Phi) is 7.30. The zero-order valence-corrected chi connectivity index (χ0v) is 10.6. The number of rotatable bonds is 7. The third-order valence-corrected chi connectivity index (χ3v) is 2.77. The Balaban J connectivity index is 3.59. The van der Waals surface area contributed by atoms with Gasteiger partial charge in [-0.25, -0.2) is 0 Å². The zero-order valence-electron chi connectivity index (χ0n) is 8.43. The molecule has 0 fully saturated rings. The van der Waals surface area contributed by atoms with E-state index in [9.17, 15) is 0 Å². The number of hydrogen-bond donors (Lipinski definition) is 3. The summed E-state index contributed by atoms with van der Waals surface area (Å²) in [5.74, 6) is 0.598. The van der Waals surface area contributed by atoms with Crippen LogP contribution in [-0.4, -0.2) is 10.2 Å². The maximum Gasteiger partial charge on any atom is 0.117 e. The Morgan fingerprint density at radius 1 is 1.31 bits per heavy atom. The number of nitrogens with two attached hydrogens (primary N) is 3. The van der Waals surface area contributed by atoms with Crippen LogP contribution in [0.2, 0.25) is 0 Å². The van der Waals surface area contributed by atoms with E-state index in [-0.39, 0.29) is 0 Å². The van der Waals surface area contributed by atoms with Crippen molar-refractivity contribution < 1.29 is 0 Å². The van der Waals surface area contributed by atoms with Crippen molar-refractivity contribution >= 4 is 22.6 Å². The highest BCUT2D eigenvalue weighted by Gasteiger charge is 2.16. The van der Waals surface area contributed by atoms with Crippen LogP contribution in [0.3, 0.4) is 0 Å². The topological polar surface area (TPSA) is 78.1 Å². The second-order valence-electron chi connectivity index (χ2n) is 3.71. The van der Waals surface area contributed by atoms with E-state index < -0.39 is 3.67 Å². The first kappa shape index (κ1) is 13.6. The molecule has 0 spiro atoms. The minimum Gasteiger partial charge on any atom is -0.330 e. The van der Waals surface area contributed by atoms with Gasteiger partial charge >= 0.3 is 0 Å². The minimum absolute atomic E-state index is 0.558. The number of hydrogen-bond acceptors (Lipinski definition) is 3. The maximum absolute atomic E-state index is 5.69. The van der Waals surface area contributed by atoms with Crippen LogP contribution in [0.5, 0.6) is 0 Å². The molecule has 1 unspecified atom stereocenters. The molecule has 0 aliphatic heterocycles. The van der Waals surface area contributed by atoms with Gasteiger partial charge in [-0.15, -0.1) is 0 Å². The molecular formula is C9H22IN3. The lowest BCUT2D eigenvalue weighted by atomic mass is 9.96. The zero-order chi connectivity index (χ0) is 10.3. The predicted molar refractivity (Wildman–Crippen MR) is 66.4 cm³/mol. The van der Waals surface area contributed by atoms with E-state index in [1.807, 2.05) is 0 Å². The number of alkyl halides is 1. The van der Waals surface area contributed by atoms with Gasteiger partial charge in [0.2, 0.25) is 0 Å². The largest absolute Gasteiger partial charge is 0.330 e. The highest BCUT2D eigenvalue weighted by molar-refractivity contribution is 14.1. The van der Waals surface area contributed by atoms with E-state index in [4.69, 9.17) is 17.2 Å². The molecule has 1 atom stereocenters. The van der Waals surface area contributed by atoms with Gasteiger partial charge in [0.25, 0.3) is 0 Å². The summed E-state index contributed by atoms with van der Waals surface area (Å²) in [7, 11) is 0. The van der Waals surface area contributed by atoms with Crippen molar-refractivity contribution in [1.82, 2.24) is 0 Å². The smallest absolute Gasteiger partial charge is 0.117 e. The van der Waals surface area contributed by atoms with Crippen molar-refractivity contribution in [3.05, 3.63) is 0 Å². The molecule has 0 saturated heterocycles. The molecule has 0 aliphatic rings. The molecule has 3 nitrogen and oxygen atoms in total. The van der Waals surface area contributed by atoms with Gasteiger partial charge in [0, 0.05) is 0 Å². The number of halogens is 1. The third-order valence-electron chi connectivity index (χ3n) is 2.24. The van der Waals surface area contributed by atoms with Gasteiger partial charge in [-0.1, -0.05) is 19.8 Å². The lowest BCUT2D eigenvalue weighted by Crippen LogP contribution is -2.42. The van der Waals surface area contributed by atoms with Gasteiger partial charge in [-0.2, -0.15) is 0 Å². The van der Waals surface area contributed by atoms with Crippen molar-refractivity contribution in [2.24, 2.45) is 23.1 Å². The quantitative estimate of drug-likeness (QED) is 0.289. The van der Waals surface area contributed by atoms with E-state index in [0.717, 1.165) is 19.4 Å². The first-order chi connectivity index (χ1) is 5.99. The van der Waals surface area contributed by atoms with Crippen LogP contribution in [-0.2, 0) is 0 Å². The first-order valence-corrected chi connectivity index (χ1v) is 6.04. The van der Waals surface area contributed by atoms with E-state index in [2.05, 4.69) is 29.5 Å². The Morgan fingerprint density at radius 2 is 1.92 bits per heavy atom. The van der Waals surface area contributed by atoms with E-state index in [0.29, 0.717) is 5.92 Å². The second-order valence-corrected chi connectivity index (χ2v) is 5.72. The number of unbranched alkanes of at least 4 members (excludes halogenated alkanes) is 1. The van der Waals surface area contributed by atoms with Crippen molar-refractivity contribution in [1.29, 1.82) is 0 Å². The molecule has 0 aromatic rings. The standard InChI is InChI=1S/C9H22IN3/c1-2-3-4-8(7-11)5-6-9(10,12)13/h8H,2-7,11-13H2,1H3. The highest BCUT2D eigenvalue weighted by atomic mass is 127. The Hall–Kier alpha value is 0.610. The predicted octanol–water partition coefficient (Wildman–Crippen LogP) is 1.54. The van der Waals surface area contributed by atoms with Gasteiger partial charge in [-0.05, 0) is 54.3 Å². The van der Waals surface area contributed by atoms with E-state index in [1.54, 1.807) is 0 Å². The van der Waals surface area contributed by atoms with Crippen molar-refractivity contribution in [3.63, 3.8) is 0 Å². The van der Waals surface area contributed by atoms with Crippen LogP contribution in [0.4, 0.5) is 0 Å².